The van der Waals surface area contributed by atoms with Crippen molar-refractivity contribution in [2.45, 2.75) is 19.0 Å². The molecule has 1 aromatic carbocycles. The van der Waals surface area contributed by atoms with Crippen molar-refractivity contribution in [2.75, 3.05) is 13.7 Å². The largest absolute Gasteiger partial charge is 0.492 e. The maximum Gasteiger partial charge on any atom is 0.254 e. The van der Waals surface area contributed by atoms with Crippen LogP contribution in [0.1, 0.15) is 21.5 Å². The van der Waals surface area contributed by atoms with Crippen molar-refractivity contribution in [1.82, 2.24) is 4.90 Å². The molecular formula is C12H14N2O2. The van der Waals surface area contributed by atoms with E-state index in [1.54, 1.807) is 4.90 Å². The smallest absolute Gasteiger partial charge is 0.254 e. The van der Waals surface area contributed by atoms with Crippen LogP contribution >= 0.6 is 0 Å². The molecule has 2 aliphatic rings. The van der Waals surface area contributed by atoms with Gasteiger partial charge < -0.3 is 15.4 Å². The van der Waals surface area contributed by atoms with E-state index in [0.29, 0.717) is 13.2 Å². The predicted molar refractivity (Wildman–Crippen MR) is 59.4 cm³/mol. The first-order chi connectivity index (χ1) is 7.66. The lowest BCUT2D eigenvalue weighted by atomic mass is 9.95. The summed E-state index contributed by atoms with van der Waals surface area (Å²) in [5.74, 6) is 0.911. The van der Waals surface area contributed by atoms with Gasteiger partial charge in [0.2, 0.25) is 0 Å². The molecule has 1 amide bonds. The molecule has 0 saturated heterocycles. The van der Waals surface area contributed by atoms with Crippen molar-refractivity contribution in [3.8, 4) is 5.75 Å². The summed E-state index contributed by atoms with van der Waals surface area (Å²) in [5.41, 5.74) is 8.77. The average Bonchev–Trinajstić information content (AvgIpc) is 2.55. The van der Waals surface area contributed by atoms with Gasteiger partial charge in [-0.3, -0.25) is 4.79 Å². The number of carbonyl (C=O) groups excluding carboxylic acids is 1. The van der Waals surface area contributed by atoms with Crippen LogP contribution in [0.3, 0.4) is 0 Å². The topological polar surface area (TPSA) is 55.6 Å². The highest BCUT2D eigenvalue weighted by Gasteiger charge is 2.31. The zero-order valence-corrected chi connectivity index (χ0v) is 9.19. The maximum absolute atomic E-state index is 12.0. The van der Waals surface area contributed by atoms with E-state index in [9.17, 15) is 4.79 Å². The van der Waals surface area contributed by atoms with Gasteiger partial charge in [-0.05, 0) is 18.1 Å². The Hall–Kier alpha value is -1.55. The van der Waals surface area contributed by atoms with E-state index in [1.807, 2.05) is 19.2 Å². The van der Waals surface area contributed by atoms with Crippen LogP contribution < -0.4 is 10.5 Å². The minimum absolute atomic E-state index is 0.00212. The van der Waals surface area contributed by atoms with Gasteiger partial charge in [0.05, 0.1) is 5.56 Å². The van der Waals surface area contributed by atoms with Gasteiger partial charge in [-0.25, -0.2) is 0 Å². The Balaban J connectivity index is 2.16. The van der Waals surface area contributed by atoms with Crippen molar-refractivity contribution in [3.63, 3.8) is 0 Å². The fraction of sp³-hybridized carbons (Fsp3) is 0.417. The Bertz CT molecular complexity index is 470. The van der Waals surface area contributed by atoms with E-state index in [2.05, 4.69) is 0 Å². The summed E-state index contributed by atoms with van der Waals surface area (Å²) >= 11 is 0. The molecule has 0 radical (unpaired) electrons. The Morgan fingerprint density at radius 2 is 2.31 bits per heavy atom. The normalized spacial score (nSPS) is 22.8. The molecule has 0 aromatic heterocycles. The standard InChI is InChI=1S/C12H14N2O2/c1-14-5-7-2-3-10-9(11(7)12(14)15)4-8(13)6-16-10/h2-3,8H,4-6,13H2,1H3. The zero-order valence-electron chi connectivity index (χ0n) is 9.19. The monoisotopic (exact) mass is 218 g/mol. The molecule has 16 heavy (non-hydrogen) atoms. The highest BCUT2D eigenvalue weighted by molar-refractivity contribution is 6.00. The van der Waals surface area contributed by atoms with Crippen LogP contribution in [-0.4, -0.2) is 30.5 Å². The third-order valence-corrected chi connectivity index (χ3v) is 3.24. The molecule has 1 aromatic rings. The summed E-state index contributed by atoms with van der Waals surface area (Å²) < 4.78 is 5.55. The van der Waals surface area contributed by atoms with E-state index in [1.165, 1.54) is 0 Å². The quantitative estimate of drug-likeness (QED) is 0.691. The van der Waals surface area contributed by atoms with Crippen molar-refractivity contribution < 1.29 is 9.53 Å². The predicted octanol–water partition coefficient (Wildman–Crippen LogP) is 0.534. The van der Waals surface area contributed by atoms with E-state index >= 15 is 0 Å². The number of carbonyl (C=O) groups is 1. The molecule has 2 N–H and O–H groups in total. The lowest BCUT2D eigenvalue weighted by Crippen LogP contribution is -2.34. The highest BCUT2D eigenvalue weighted by Crippen LogP contribution is 2.34. The Labute approximate surface area is 94.0 Å². The molecule has 0 spiro atoms. The van der Waals surface area contributed by atoms with Crippen LogP contribution in [0.15, 0.2) is 12.1 Å². The average molecular weight is 218 g/mol. The minimum atomic E-state index is -0.00212. The Kier molecular flexibility index (Phi) is 1.94. The summed E-state index contributed by atoms with van der Waals surface area (Å²) in [4.78, 5) is 13.7. The van der Waals surface area contributed by atoms with Crippen LogP contribution in [0.5, 0.6) is 5.75 Å². The fourth-order valence-corrected chi connectivity index (χ4v) is 2.45. The molecule has 0 aliphatic carbocycles. The van der Waals surface area contributed by atoms with Crippen LogP contribution in [0, 0.1) is 0 Å². The molecule has 0 bridgehead atoms. The Morgan fingerprint density at radius 3 is 3.12 bits per heavy atom. The Morgan fingerprint density at radius 1 is 1.50 bits per heavy atom. The molecule has 84 valence electrons. The maximum atomic E-state index is 12.0. The molecule has 1 unspecified atom stereocenters. The molecule has 2 aliphatic heterocycles. The number of ether oxygens (including phenoxy) is 1. The zero-order chi connectivity index (χ0) is 11.3. The van der Waals surface area contributed by atoms with Gasteiger partial charge in [0.15, 0.2) is 0 Å². The SMILES string of the molecule is CN1Cc2ccc3c(c2C1=O)CC(N)CO3. The number of rotatable bonds is 0. The first-order valence-electron chi connectivity index (χ1n) is 5.45. The molecule has 4 nitrogen and oxygen atoms in total. The number of benzene rings is 1. The first kappa shape index (κ1) is 9.66. The summed E-state index contributed by atoms with van der Waals surface area (Å²) in [6.45, 7) is 1.23. The number of amides is 1. The van der Waals surface area contributed by atoms with Crippen LogP contribution in [0.25, 0.3) is 0 Å². The van der Waals surface area contributed by atoms with Gasteiger partial charge in [0.1, 0.15) is 12.4 Å². The van der Waals surface area contributed by atoms with Gasteiger partial charge in [0, 0.05) is 25.2 Å². The number of hydrogen-bond donors (Lipinski definition) is 1. The molecule has 3 rings (SSSR count). The van der Waals surface area contributed by atoms with E-state index in [0.717, 1.165) is 28.9 Å². The summed E-state index contributed by atoms with van der Waals surface area (Å²) in [7, 11) is 1.82. The van der Waals surface area contributed by atoms with Gasteiger partial charge in [-0.2, -0.15) is 0 Å². The second-order valence-electron chi connectivity index (χ2n) is 4.51. The minimum Gasteiger partial charge on any atom is -0.492 e. The number of nitrogens with zero attached hydrogens (tertiary/aromatic N) is 1. The van der Waals surface area contributed by atoms with Crippen LogP contribution in [-0.2, 0) is 13.0 Å². The van der Waals surface area contributed by atoms with Gasteiger partial charge in [0.25, 0.3) is 5.91 Å². The van der Waals surface area contributed by atoms with Crippen LogP contribution in [0.2, 0.25) is 0 Å². The number of hydrogen-bond acceptors (Lipinski definition) is 3. The van der Waals surface area contributed by atoms with Crippen molar-refractivity contribution in [1.29, 1.82) is 0 Å². The molecule has 4 heteroatoms. The summed E-state index contributed by atoms with van der Waals surface area (Å²) in [5, 5.41) is 0. The molecule has 1 atom stereocenters. The third-order valence-electron chi connectivity index (χ3n) is 3.24. The third kappa shape index (κ3) is 1.23. The second-order valence-corrected chi connectivity index (χ2v) is 4.51. The van der Waals surface area contributed by atoms with E-state index in [-0.39, 0.29) is 11.9 Å². The molecule has 0 saturated carbocycles. The second kappa shape index (κ2) is 3.22. The van der Waals surface area contributed by atoms with Crippen molar-refractivity contribution >= 4 is 5.91 Å². The van der Waals surface area contributed by atoms with Crippen molar-refractivity contribution in [3.05, 3.63) is 28.8 Å². The van der Waals surface area contributed by atoms with Gasteiger partial charge in [-0.1, -0.05) is 6.07 Å². The fourth-order valence-electron chi connectivity index (χ4n) is 2.45. The summed E-state index contributed by atoms with van der Waals surface area (Å²) in [6.07, 6.45) is 0.734. The number of fused-ring (bicyclic) bond motifs is 3. The lowest BCUT2D eigenvalue weighted by Gasteiger charge is -2.23. The van der Waals surface area contributed by atoms with E-state index < -0.39 is 0 Å². The molecular weight excluding hydrogens is 204 g/mol. The lowest BCUT2D eigenvalue weighted by molar-refractivity contribution is 0.0814. The highest BCUT2D eigenvalue weighted by atomic mass is 16.5. The van der Waals surface area contributed by atoms with Gasteiger partial charge >= 0.3 is 0 Å². The van der Waals surface area contributed by atoms with E-state index in [4.69, 9.17) is 10.5 Å². The first-order valence-corrected chi connectivity index (χ1v) is 5.45. The summed E-state index contributed by atoms with van der Waals surface area (Å²) in [6, 6.07) is 3.93. The van der Waals surface area contributed by atoms with Gasteiger partial charge in [-0.15, -0.1) is 0 Å². The molecule has 2 heterocycles. The number of nitrogens with two attached hydrogens (primary N) is 1. The van der Waals surface area contributed by atoms with Crippen molar-refractivity contribution in [2.24, 2.45) is 5.73 Å². The molecule has 0 fully saturated rings. The van der Waals surface area contributed by atoms with Crippen LogP contribution in [0.4, 0.5) is 0 Å².